The number of H-pyrrole nitrogens is 1. The number of rotatable bonds is 6. The molecule has 0 saturated heterocycles. The zero-order valence-electron chi connectivity index (χ0n) is 18.0. The highest BCUT2D eigenvalue weighted by Gasteiger charge is 2.17. The molecule has 1 aliphatic heterocycles. The molecule has 9 heteroatoms. The molecule has 0 unspecified atom stereocenters. The minimum absolute atomic E-state index is 0.186. The van der Waals surface area contributed by atoms with Crippen molar-refractivity contribution in [3.8, 4) is 11.5 Å². The van der Waals surface area contributed by atoms with Crippen LogP contribution in [0.2, 0.25) is 0 Å². The number of pyridine rings is 1. The number of hydrogen-bond donors (Lipinski definition) is 2. The van der Waals surface area contributed by atoms with E-state index < -0.39 is 0 Å². The number of ether oxygens (including phenoxy) is 2. The molecule has 2 N–H and O–H groups in total. The Labute approximate surface area is 190 Å². The zero-order chi connectivity index (χ0) is 22.7. The van der Waals surface area contributed by atoms with Gasteiger partial charge in [-0.05, 0) is 62.7 Å². The molecule has 0 spiro atoms. The average Bonchev–Trinajstić information content (AvgIpc) is 2.77. The Morgan fingerprint density at radius 1 is 1.09 bits per heavy atom. The molecule has 2 aromatic carbocycles. The molecule has 1 aliphatic rings. The van der Waals surface area contributed by atoms with Crippen molar-refractivity contribution >= 4 is 33.9 Å². The minimum atomic E-state index is -0.315. The molecule has 0 amide bonds. The fourth-order valence-corrected chi connectivity index (χ4v) is 3.69. The summed E-state index contributed by atoms with van der Waals surface area (Å²) in [5.74, 6) is 0.981. The van der Waals surface area contributed by atoms with Crippen LogP contribution in [0, 0.1) is 5.82 Å². The molecule has 0 bridgehead atoms. The zero-order valence-corrected chi connectivity index (χ0v) is 18.8. The van der Waals surface area contributed by atoms with Crippen molar-refractivity contribution in [1.82, 2.24) is 14.8 Å². The summed E-state index contributed by atoms with van der Waals surface area (Å²) < 4.78 is 24.5. The number of aromatic nitrogens is 1. The van der Waals surface area contributed by atoms with Crippen LogP contribution in [0.1, 0.15) is 5.56 Å². The molecule has 0 aliphatic carbocycles. The van der Waals surface area contributed by atoms with Crippen LogP contribution in [-0.2, 0) is 6.54 Å². The maximum atomic E-state index is 13.2. The van der Waals surface area contributed by atoms with Gasteiger partial charge in [0.1, 0.15) is 19.0 Å². The van der Waals surface area contributed by atoms with Gasteiger partial charge in [-0.25, -0.2) is 4.39 Å². The molecule has 3 aromatic rings. The van der Waals surface area contributed by atoms with E-state index in [-0.39, 0.29) is 11.4 Å². The Balaban J connectivity index is 1.60. The molecule has 1 aromatic heterocycles. The van der Waals surface area contributed by atoms with Crippen LogP contribution >= 0.6 is 12.2 Å². The van der Waals surface area contributed by atoms with E-state index in [4.69, 9.17) is 21.7 Å². The van der Waals surface area contributed by atoms with Crippen LogP contribution in [0.4, 0.5) is 10.1 Å². The van der Waals surface area contributed by atoms with Crippen LogP contribution < -0.4 is 20.3 Å². The maximum Gasteiger partial charge on any atom is 0.253 e. The lowest BCUT2D eigenvalue weighted by Crippen LogP contribution is -2.40. The topological polar surface area (TPSA) is 69.8 Å². The van der Waals surface area contributed by atoms with Gasteiger partial charge in [0, 0.05) is 35.8 Å². The van der Waals surface area contributed by atoms with Crippen LogP contribution in [0.5, 0.6) is 11.5 Å². The summed E-state index contributed by atoms with van der Waals surface area (Å²) in [5.41, 5.74) is 1.77. The molecular formula is C23H25FN4O3S. The standard InChI is InChI=1S/C23H25FN4O3S/c1-27(2)7-8-28(23(32)25-18-5-3-17(24)4-6-18)14-16-11-15-12-20-21(31-10-9-30-20)13-19(15)26-22(16)29/h3-6,11-13H,7-10,14H2,1-2H3,(H,25,32)(H,26,29). The van der Waals surface area contributed by atoms with Crippen molar-refractivity contribution < 1.29 is 13.9 Å². The first-order valence-corrected chi connectivity index (χ1v) is 10.7. The first kappa shape index (κ1) is 22.0. The van der Waals surface area contributed by atoms with E-state index in [1.165, 1.54) is 12.1 Å². The fraction of sp³-hybridized carbons (Fsp3) is 0.304. The average molecular weight is 457 g/mol. The summed E-state index contributed by atoms with van der Waals surface area (Å²) in [6.45, 7) is 2.66. The molecule has 0 saturated carbocycles. The second-order valence-corrected chi connectivity index (χ2v) is 8.26. The van der Waals surface area contributed by atoms with Gasteiger partial charge in [0.05, 0.1) is 12.1 Å². The first-order valence-electron chi connectivity index (χ1n) is 10.3. The molecular weight excluding hydrogens is 431 g/mol. The highest BCUT2D eigenvalue weighted by atomic mass is 32.1. The second-order valence-electron chi connectivity index (χ2n) is 7.87. The largest absolute Gasteiger partial charge is 0.486 e. The summed E-state index contributed by atoms with van der Waals surface area (Å²) in [7, 11) is 3.95. The van der Waals surface area contributed by atoms with Crippen molar-refractivity contribution in [2.75, 3.05) is 45.7 Å². The number of anilines is 1. The lowest BCUT2D eigenvalue weighted by Gasteiger charge is -2.27. The van der Waals surface area contributed by atoms with E-state index in [0.29, 0.717) is 59.7 Å². The van der Waals surface area contributed by atoms with Crippen LogP contribution in [0.3, 0.4) is 0 Å². The quantitative estimate of drug-likeness (QED) is 0.552. The summed E-state index contributed by atoms with van der Waals surface area (Å²) in [6.07, 6.45) is 0. The number of nitrogens with zero attached hydrogens (tertiary/aromatic N) is 2. The van der Waals surface area contributed by atoms with E-state index in [1.807, 2.05) is 36.0 Å². The third-order valence-electron chi connectivity index (χ3n) is 5.14. The number of aromatic amines is 1. The number of nitrogens with one attached hydrogen (secondary N) is 2. The van der Waals surface area contributed by atoms with Gasteiger partial charge in [-0.15, -0.1) is 0 Å². The third-order valence-corrected chi connectivity index (χ3v) is 5.51. The van der Waals surface area contributed by atoms with Gasteiger partial charge in [-0.3, -0.25) is 4.79 Å². The molecule has 7 nitrogen and oxygen atoms in total. The lowest BCUT2D eigenvalue weighted by atomic mass is 10.1. The molecule has 0 atom stereocenters. The van der Waals surface area contributed by atoms with Gasteiger partial charge in [-0.1, -0.05) is 0 Å². The number of benzene rings is 2. The number of halogens is 1. The molecule has 2 heterocycles. The van der Waals surface area contributed by atoms with E-state index >= 15 is 0 Å². The minimum Gasteiger partial charge on any atom is -0.486 e. The summed E-state index contributed by atoms with van der Waals surface area (Å²) in [6, 6.07) is 11.5. The molecule has 0 radical (unpaired) electrons. The van der Waals surface area contributed by atoms with Crippen LogP contribution in [0.15, 0.2) is 47.3 Å². The van der Waals surface area contributed by atoms with E-state index in [9.17, 15) is 9.18 Å². The highest BCUT2D eigenvalue weighted by Crippen LogP contribution is 2.33. The van der Waals surface area contributed by atoms with Gasteiger partial charge in [-0.2, -0.15) is 0 Å². The van der Waals surface area contributed by atoms with Crippen molar-refractivity contribution in [3.63, 3.8) is 0 Å². The van der Waals surface area contributed by atoms with Crippen LogP contribution in [-0.4, -0.2) is 60.3 Å². The maximum absolute atomic E-state index is 13.2. The van der Waals surface area contributed by atoms with Crippen molar-refractivity contribution in [2.45, 2.75) is 6.54 Å². The predicted molar refractivity (Wildman–Crippen MR) is 127 cm³/mol. The third kappa shape index (κ3) is 5.17. The van der Waals surface area contributed by atoms with Crippen LogP contribution in [0.25, 0.3) is 10.9 Å². The normalized spacial score (nSPS) is 12.8. The van der Waals surface area contributed by atoms with E-state index in [1.54, 1.807) is 18.2 Å². The molecule has 32 heavy (non-hydrogen) atoms. The first-order chi connectivity index (χ1) is 15.4. The Kier molecular flexibility index (Phi) is 6.57. The van der Waals surface area contributed by atoms with E-state index in [0.717, 1.165) is 11.9 Å². The van der Waals surface area contributed by atoms with Gasteiger partial charge < -0.3 is 29.6 Å². The van der Waals surface area contributed by atoms with Crippen molar-refractivity contribution in [3.05, 3.63) is 64.2 Å². The van der Waals surface area contributed by atoms with Gasteiger partial charge in [0.15, 0.2) is 16.6 Å². The number of thiocarbonyl (C=S) groups is 1. The lowest BCUT2D eigenvalue weighted by molar-refractivity contribution is 0.172. The van der Waals surface area contributed by atoms with Crippen molar-refractivity contribution in [2.24, 2.45) is 0 Å². The number of hydrogen-bond acceptors (Lipinski definition) is 5. The van der Waals surface area contributed by atoms with Gasteiger partial charge in [0.2, 0.25) is 0 Å². The van der Waals surface area contributed by atoms with Crippen molar-refractivity contribution in [1.29, 1.82) is 0 Å². The summed E-state index contributed by atoms with van der Waals surface area (Å²) >= 11 is 5.61. The SMILES string of the molecule is CN(C)CCN(Cc1cc2cc3c(cc2[nH]c1=O)OCCO3)C(=S)Nc1ccc(F)cc1. The molecule has 168 valence electrons. The van der Waals surface area contributed by atoms with E-state index in [2.05, 4.69) is 10.3 Å². The Morgan fingerprint density at radius 3 is 2.47 bits per heavy atom. The number of likely N-dealkylation sites (N-methyl/N-ethyl adjacent to an activating group) is 1. The smallest absolute Gasteiger partial charge is 0.253 e. The highest BCUT2D eigenvalue weighted by molar-refractivity contribution is 7.80. The van der Waals surface area contributed by atoms with Gasteiger partial charge in [0.25, 0.3) is 5.56 Å². The monoisotopic (exact) mass is 456 g/mol. The fourth-order valence-electron chi connectivity index (χ4n) is 3.42. The number of fused-ring (bicyclic) bond motifs is 2. The van der Waals surface area contributed by atoms with Gasteiger partial charge >= 0.3 is 0 Å². The summed E-state index contributed by atoms with van der Waals surface area (Å²) in [5, 5.41) is 4.45. The molecule has 4 rings (SSSR count). The Bertz CT molecular complexity index is 1180. The Morgan fingerprint density at radius 2 is 1.78 bits per heavy atom. The molecule has 0 fully saturated rings. The second kappa shape index (κ2) is 9.54. The Hall–Kier alpha value is -3.17. The predicted octanol–water partition coefficient (Wildman–Crippen LogP) is 3.20. The summed E-state index contributed by atoms with van der Waals surface area (Å²) in [4.78, 5) is 19.7.